The van der Waals surface area contributed by atoms with Crippen LogP contribution in [0.2, 0.25) is 0 Å². The second kappa shape index (κ2) is 4.78. The number of nitrogens with two attached hydrogens (primary N) is 1. The van der Waals surface area contributed by atoms with E-state index in [0.717, 1.165) is 30.6 Å². The van der Waals surface area contributed by atoms with Crippen LogP contribution in [0.5, 0.6) is 0 Å². The Bertz CT molecular complexity index is 428. The Balaban J connectivity index is 2.22. The Morgan fingerprint density at radius 1 is 1.47 bits per heavy atom. The van der Waals surface area contributed by atoms with Crippen molar-refractivity contribution in [1.82, 2.24) is 4.90 Å². The summed E-state index contributed by atoms with van der Waals surface area (Å²) in [6.45, 7) is 5.85. The molecule has 0 saturated carbocycles. The highest BCUT2D eigenvalue weighted by atomic mass is 16.2. The number of rotatable bonds is 1. The first kappa shape index (κ1) is 12.0. The minimum atomic E-state index is 0.126. The van der Waals surface area contributed by atoms with E-state index in [4.69, 9.17) is 5.73 Å². The highest BCUT2D eigenvalue weighted by Gasteiger charge is 2.23. The largest absolute Gasteiger partial charge is 0.398 e. The molecular weight excluding hydrogens is 212 g/mol. The van der Waals surface area contributed by atoms with Crippen LogP contribution in [-0.4, -0.2) is 23.9 Å². The molecule has 0 aromatic heterocycles. The number of likely N-dealkylation sites (tertiary alicyclic amines) is 1. The molecule has 3 heteroatoms. The van der Waals surface area contributed by atoms with Crippen LogP contribution in [0.15, 0.2) is 18.2 Å². The van der Waals surface area contributed by atoms with Gasteiger partial charge >= 0.3 is 0 Å². The molecule has 1 aromatic rings. The molecule has 1 atom stereocenters. The van der Waals surface area contributed by atoms with Crippen LogP contribution in [0.4, 0.5) is 5.69 Å². The van der Waals surface area contributed by atoms with Crippen LogP contribution >= 0.6 is 0 Å². The molecule has 0 bridgehead atoms. The Morgan fingerprint density at radius 3 is 2.94 bits per heavy atom. The lowest BCUT2D eigenvalue weighted by Crippen LogP contribution is -2.39. The van der Waals surface area contributed by atoms with Gasteiger partial charge in [-0.05, 0) is 43.4 Å². The third-order valence-electron chi connectivity index (χ3n) is 3.55. The van der Waals surface area contributed by atoms with Crippen LogP contribution in [0, 0.1) is 12.8 Å². The van der Waals surface area contributed by atoms with Crippen LogP contribution in [0.25, 0.3) is 0 Å². The molecule has 1 amide bonds. The van der Waals surface area contributed by atoms with Crippen LogP contribution in [0.1, 0.15) is 35.7 Å². The number of anilines is 1. The molecule has 0 aliphatic carbocycles. The van der Waals surface area contributed by atoms with E-state index in [-0.39, 0.29) is 5.91 Å². The summed E-state index contributed by atoms with van der Waals surface area (Å²) in [5, 5.41) is 0. The average molecular weight is 232 g/mol. The van der Waals surface area contributed by atoms with Crippen LogP contribution < -0.4 is 5.73 Å². The normalized spacial score (nSPS) is 20.4. The maximum absolute atomic E-state index is 12.4. The van der Waals surface area contributed by atoms with Crippen molar-refractivity contribution in [3.8, 4) is 0 Å². The first-order valence-electron chi connectivity index (χ1n) is 6.24. The van der Waals surface area contributed by atoms with Crippen LogP contribution in [0.3, 0.4) is 0 Å². The number of hydrogen-bond acceptors (Lipinski definition) is 2. The minimum Gasteiger partial charge on any atom is -0.398 e. The zero-order valence-electron chi connectivity index (χ0n) is 10.6. The van der Waals surface area contributed by atoms with Gasteiger partial charge in [-0.3, -0.25) is 4.79 Å². The third-order valence-corrected chi connectivity index (χ3v) is 3.55. The van der Waals surface area contributed by atoms with E-state index in [9.17, 15) is 4.79 Å². The number of amides is 1. The highest BCUT2D eigenvalue weighted by Crippen LogP contribution is 2.21. The van der Waals surface area contributed by atoms with Gasteiger partial charge in [0.25, 0.3) is 5.91 Å². The fourth-order valence-electron chi connectivity index (χ4n) is 2.43. The third kappa shape index (κ3) is 2.43. The van der Waals surface area contributed by atoms with Gasteiger partial charge in [0, 0.05) is 24.3 Å². The maximum atomic E-state index is 12.4. The fraction of sp³-hybridized carbons (Fsp3) is 0.500. The maximum Gasteiger partial charge on any atom is 0.254 e. The standard InChI is InChI=1S/C14H20N2O/c1-10-5-4-8-16(9-10)14(17)12-6-3-7-13(15)11(12)2/h3,6-7,10H,4-5,8-9,15H2,1-2H3/t10-/m0/s1. The number of benzene rings is 1. The zero-order valence-corrected chi connectivity index (χ0v) is 10.6. The lowest BCUT2D eigenvalue weighted by atomic mass is 9.98. The van der Waals surface area contributed by atoms with E-state index in [1.54, 1.807) is 0 Å². The number of nitrogen functional groups attached to an aromatic ring is 1. The first-order valence-corrected chi connectivity index (χ1v) is 6.24. The molecule has 1 aliphatic rings. The lowest BCUT2D eigenvalue weighted by Gasteiger charge is -2.31. The van der Waals surface area contributed by atoms with E-state index in [0.29, 0.717) is 11.6 Å². The summed E-state index contributed by atoms with van der Waals surface area (Å²) >= 11 is 0. The molecule has 1 aromatic carbocycles. The van der Waals surface area contributed by atoms with E-state index >= 15 is 0 Å². The predicted octanol–water partition coefficient (Wildman–Crippen LogP) is 2.45. The van der Waals surface area contributed by atoms with Crippen molar-refractivity contribution < 1.29 is 4.79 Å². The summed E-state index contributed by atoms with van der Waals surface area (Å²) in [5.74, 6) is 0.732. The monoisotopic (exact) mass is 232 g/mol. The number of hydrogen-bond donors (Lipinski definition) is 1. The molecule has 2 N–H and O–H groups in total. The fourth-order valence-corrected chi connectivity index (χ4v) is 2.43. The molecule has 1 fully saturated rings. The quantitative estimate of drug-likeness (QED) is 0.756. The van der Waals surface area contributed by atoms with Gasteiger partial charge in [0.05, 0.1) is 0 Å². The average Bonchev–Trinajstić information content (AvgIpc) is 2.32. The summed E-state index contributed by atoms with van der Waals surface area (Å²) in [7, 11) is 0. The molecule has 0 spiro atoms. The van der Waals surface area contributed by atoms with Crippen molar-refractivity contribution in [2.75, 3.05) is 18.8 Å². The lowest BCUT2D eigenvalue weighted by molar-refractivity contribution is 0.0682. The van der Waals surface area contributed by atoms with Gasteiger partial charge < -0.3 is 10.6 Å². The van der Waals surface area contributed by atoms with E-state index in [2.05, 4.69) is 6.92 Å². The summed E-state index contributed by atoms with van der Waals surface area (Å²) in [6.07, 6.45) is 2.33. The van der Waals surface area contributed by atoms with E-state index in [1.165, 1.54) is 6.42 Å². The van der Waals surface area contributed by atoms with Gasteiger partial charge in [-0.1, -0.05) is 13.0 Å². The summed E-state index contributed by atoms with van der Waals surface area (Å²) in [4.78, 5) is 14.3. The van der Waals surface area contributed by atoms with Crippen LogP contribution in [-0.2, 0) is 0 Å². The Morgan fingerprint density at radius 2 is 2.24 bits per heavy atom. The molecule has 17 heavy (non-hydrogen) atoms. The van der Waals surface area contributed by atoms with E-state index in [1.807, 2.05) is 30.0 Å². The van der Waals surface area contributed by atoms with Crippen molar-refractivity contribution in [1.29, 1.82) is 0 Å². The van der Waals surface area contributed by atoms with E-state index < -0.39 is 0 Å². The zero-order chi connectivity index (χ0) is 12.4. The Kier molecular flexibility index (Phi) is 3.36. The highest BCUT2D eigenvalue weighted by molar-refractivity contribution is 5.96. The van der Waals surface area contributed by atoms with Crippen molar-refractivity contribution in [2.24, 2.45) is 5.92 Å². The molecule has 92 valence electrons. The molecule has 1 heterocycles. The van der Waals surface area contributed by atoms with Gasteiger partial charge in [-0.15, -0.1) is 0 Å². The molecule has 0 radical (unpaired) electrons. The SMILES string of the molecule is Cc1c(N)cccc1C(=O)N1CCC[C@H](C)C1. The minimum absolute atomic E-state index is 0.126. The van der Waals surface area contributed by atoms with Crippen molar-refractivity contribution in [3.05, 3.63) is 29.3 Å². The molecule has 0 unspecified atom stereocenters. The van der Waals surface area contributed by atoms with Crippen molar-refractivity contribution >= 4 is 11.6 Å². The second-order valence-corrected chi connectivity index (χ2v) is 5.02. The molecule has 1 saturated heterocycles. The van der Waals surface area contributed by atoms with Crippen molar-refractivity contribution in [2.45, 2.75) is 26.7 Å². The number of carbonyl (C=O) groups excluding carboxylic acids is 1. The predicted molar refractivity (Wildman–Crippen MR) is 69.9 cm³/mol. The van der Waals surface area contributed by atoms with Gasteiger partial charge in [0.1, 0.15) is 0 Å². The topological polar surface area (TPSA) is 46.3 Å². The molecule has 1 aliphatic heterocycles. The number of piperidine rings is 1. The number of nitrogens with zero attached hydrogens (tertiary/aromatic N) is 1. The second-order valence-electron chi connectivity index (χ2n) is 5.02. The summed E-state index contributed by atoms with van der Waals surface area (Å²) in [6, 6.07) is 5.56. The van der Waals surface area contributed by atoms with Crippen molar-refractivity contribution in [3.63, 3.8) is 0 Å². The Labute approximate surface area is 103 Å². The smallest absolute Gasteiger partial charge is 0.254 e. The molecule has 3 nitrogen and oxygen atoms in total. The number of carbonyl (C=O) groups is 1. The van der Waals surface area contributed by atoms with Gasteiger partial charge in [0.2, 0.25) is 0 Å². The van der Waals surface area contributed by atoms with Gasteiger partial charge in [-0.25, -0.2) is 0 Å². The van der Waals surface area contributed by atoms with Gasteiger partial charge in [-0.2, -0.15) is 0 Å². The summed E-state index contributed by atoms with van der Waals surface area (Å²) in [5.41, 5.74) is 8.19. The Hall–Kier alpha value is -1.51. The molecule has 2 rings (SSSR count). The summed E-state index contributed by atoms with van der Waals surface area (Å²) < 4.78 is 0. The van der Waals surface area contributed by atoms with Gasteiger partial charge in [0.15, 0.2) is 0 Å². The molecular formula is C14H20N2O. The first-order chi connectivity index (χ1) is 8.09.